The zero-order valence-corrected chi connectivity index (χ0v) is 17.5. The van der Waals surface area contributed by atoms with Gasteiger partial charge in [0.2, 0.25) is 5.13 Å². The van der Waals surface area contributed by atoms with Crippen LogP contribution in [0.3, 0.4) is 0 Å². The number of halogens is 3. The molecule has 0 aliphatic heterocycles. The van der Waals surface area contributed by atoms with Gasteiger partial charge in [-0.25, -0.2) is 0 Å². The van der Waals surface area contributed by atoms with Crippen LogP contribution in [0.4, 0.5) is 24.0 Å². The molecule has 158 valence electrons. The average molecular weight is 461 g/mol. The molecule has 2 aromatic carbocycles. The molecule has 2 heterocycles. The lowest BCUT2D eigenvalue weighted by Crippen LogP contribution is -2.16. The lowest BCUT2D eigenvalue weighted by molar-refractivity contribution is -0.274. The molecule has 0 aliphatic carbocycles. The summed E-state index contributed by atoms with van der Waals surface area (Å²) in [4.78, 5) is 5.11. The predicted octanol–water partition coefficient (Wildman–Crippen LogP) is 6.53. The molecule has 0 unspecified atom stereocenters. The SMILES string of the molecule is FC(F)(F)Oc1ccc(Nc2nnc(-c3ccccc3SCc3ccncc3)s2)cc1. The third-order valence-corrected chi connectivity index (χ3v) is 6.04. The van der Waals surface area contributed by atoms with E-state index in [9.17, 15) is 13.2 Å². The van der Waals surface area contributed by atoms with E-state index in [1.54, 1.807) is 24.2 Å². The summed E-state index contributed by atoms with van der Waals surface area (Å²) in [6.07, 6.45) is -1.18. The normalized spacial score (nSPS) is 11.3. The molecule has 2 aromatic heterocycles. The van der Waals surface area contributed by atoms with Gasteiger partial charge >= 0.3 is 6.36 Å². The molecule has 0 radical (unpaired) electrons. The average Bonchev–Trinajstić information content (AvgIpc) is 3.22. The Morgan fingerprint density at radius 3 is 2.42 bits per heavy atom. The number of ether oxygens (including phenoxy) is 1. The van der Waals surface area contributed by atoms with Crippen LogP contribution in [0.1, 0.15) is 5.56 Å². The van der Waals surface area contributed by atoms with Crippen LogP contribution in [0.15, 0.2) is 78.0 Å². The molecule has 4 aromatic rings. The van der Waals surface area contributed by atoms with Crippen LogP contribution in [0.25, 0.3) is 10.6 Å². The van der Waals surface area contributed by atoms with Crippen molar-refractivity contribution in [1.82, 2.24) is 15.2 Å². The Kier molecular flexibility index (Phi) is 6.38. The van der Waals surface area contributed by atoms with Gasteiger partial charge in [0.05, 0.1) is 0 Å². The number of thioether (sulfide) groups is 1. The van der Waals surface area contributed by atoms with E-state index in [1.807, 2.05) is 36.4 Å². The minimum Gasteiger partial charge on any atom is -0.406 e. The highest BCUT2D eigenvalue weighted by Crippen LogP contribution is 2.36. The highest BCUT2D eigenvalue weighted by molar-refractivity contribution is 7.98. The molecular weight excluding hydrogens is 445 g/mol. The maximum Gasteiger partial charge on any atom is 0.573 e. The molecule has 0 bridgehead atoms. The Morgan fingerprint density at radius 1 is 0.935 bits per heavy atom. The van der Waals surface area contributed by atoms with Crippen LogP contribution in [-0.4, -0.2) is 21.5 Å². The molecule has 10 heteroatoms. The summed E-state index contributed by atoms with van der Waals surface area (Å²) in [7, 11) is 0. The van der Waals surface area contributed by atoms with Crippen molar-refractivity contribution in [3.8, 4) is 16.3 Å². The highest BCUT2D eigenvalue weighted by Gasteiger charge is 2.30. The van der Waals surface area contributed by atoms with Crippen molar-refractivity contribution in [3.05, 3.63) is 78.6 Å². The van der Waals surface area contributed by atoms with Crippen molar-refractivity contribution < 1.29 is 17.9 Å². The second-order valence-electron chi connectivity index (χ2n) is 6.25. The Labute approximate surface area is 184 Å². The fourth-order valence-corrected chi connectivity index (χ4v) is 4.53. The first-order valence-corrected chi connectivity index (χ1v) is 10.8. The number of anilines is 2. The number of pyridine rings is 1. The van der Waals surface area contributed by atoms with Gasteiger partial charge < -0.3 is 10.1 Å². The van der Waals surface area contributed by atoms with Gasteiger partial charge in [-0.05, 0) is 48.0 Å². The Hall–Kier alpha value is -3.11. The third-order valence-electron chi connectivity index (χ3n) is 4.03. The van der Waals surface area contributed by atoms with Crippen molar-refractivity contribution in [2.24, 2.45) is 0 Å². The van der Waals surface area contributed by atoms with Crippen LogP contribution in [0, 0.1) is 0 Å². The minimum atomic E-state index is -4.72. The van der Waals surface area contributed by atoms with E-state index in [-0.39, 0.29) is 5.75 Å². The Morgan fingerprint density at radius 2 is 1.68 bits per heavy atom. The molecular formula is C21H15F3N4OS2. The highest BCUT2D eigenvalue weighted by atomic mass is 32.2. The van der Waals surface area contributed by atoms with Crippen molar-refractivity contribution >= 4 is 33.9 Å². The third kappa shape index (κ3) is 5.96. The second kappa shape index (κ2) is 9.36. The summed E-state index contributed by atoms with van der Waals surface area (Å²) in [5, 5.41) is 12.8. The van der Waals surface area contributed by atoms with Crippen molar-refractivity contribution in [3.63, 3.8) is 0 Å². The van der Waals surface area contributed by atoms with Gasteiger partial charge in [-0.15, -0.1) is 35.1 Å². The zero-order chi connectivity index (χ0) is 21.7. The van der Waals surface area contributed by atoms with Crippen molar-refractivity contribution in [2.75, 3.05) is 5.32 Å². The van der Waals surface area contributed by atoms with Crippen LogP contribution in [0.2, 0.25) is 0 Å². The van der Waals surface area contributed by atoms with Gasteiger partial charge in [-0.2, -0.15) is 0 Å². The number of aromatic nitrogens is 3. The van der Waals surface area contributed by atoms with Crippen molar-refractivity contribution in [1.29, 1.82) is 0 Å². The van der Waals surface area contributed by atoms with Crippen molar-refractivity contribution in [2.45, 2.75) is 17.0 Å². The number of nitrogens with one attached hydrogen (secondary N) is 1. The quantitative estimate of drug-likeness (QED) is 0.316. The first-order valence-electron chi connectivity index (χ1n) is 9.04. The molecule has 0 aliphatic rings. The number of hydrogen-bond acceptors (Lipinski definition) is 7. The van der Waals surface area contributed by atoms with Crippen LogP contribution in [0.5, 0.6) is 5.75 Å². The summed E-state index contributed by atoms with van der Waals surface area (Å²) in [6.45, 7) is 0. The van der Waals surface area contributed by atoms with Crippen LogP contribution in [-0.2, 0) is 5.75 Å². The van der Waals surface area contributed by atoms with E-state index >= 15 is 0 Å². The molecule has 0 atom stereocenters. The first-order chi connectivity index (χ1) is 15.0. The molecule has 0 saturated carbocycles. The van der Waals surface area contributed by atoms with Crippen LogP contribution < -0.4 is 10.1 Å². The Bertz CT molecular complexity index is 1140. The van der Waals surface area contributed by atoms with Gasteiger partial charge in [0.15, 0.2) is 5.01 Å². The molecule has 4 rings (SSSR count). The number of rotatable bonds is 7. The van der Waals surface area contributed by atoms with E-state index in [2.05, 4.69) is 25.2 Å². The lowest BCUT2D eigenvalue weighted by atomic mass is 10.2. The van der Waals surface area contributed by atoms with Crippen LogP contribution >= 0.6 is 23.1 Å². The zero-order valence-electron chi connectivity index (χ0n) is 15.8. The van der Waals surface area contributed by atoms with Gasteiger partial charge in [0.1, 0.15) is 5.75 Å². The topological polar surface area (TPSA) is 59.9 Å². The smallest absolute Gasteiger partial charge is 0.406 e. The standard InChI is InChI=1S/C21H15F3N4OS2/c22-21(23,24)29-16-7-5-15(6-8-16)26-20-28-27-19(31-20)17-3-1-2-4-18(17)30-13-14-9-11-25-12-10-14/h1-12H,13H2,(H,26,28). The fraction of sp³-hybridized carbons (Fsp3) is 0.0952. The maximum atomic E-state index is 12.3. The summed E-state index contributed by atoms with van der Waals surface area (Å²) in [5.41, 5.74) is 2.73. The van der Waals surface area contributed by atoms with Gasteiger partial charge in [0, 0.05) is 34.3 Å². The lowest BCUT2D eigenvalue weighted by Gasteiger charge is -2.09. The molecule has 0 saturated heterocycles. The summed E-state index contributed by atoms with van der Waals surface area (Å²) in [6, 6.07) is 17.4. The van der Waals surface area contributed by atoms with E-state index < -0.39 is 6.36 Å². The van der Waals surface area contributed by atoms with Gasteiger partial charge in [-0.1, -0.05) is 29.5 Å². The largest absolute Gasteiger partial charge is 0.573 e. The molecule has 0 fully saturated rings. The number of hydrogen-bond donors (Lipinski definition) is 1. The number of benzene rings is 2. The summed E-state index contributed by atoms with van der Waals surface area (Å²) in [5.74, 6) is 0.520. The van der Waals surface area contributed by atoms with E-state index in [4.69, 9.17) is 0 Å². The molecule has 0 spiro atoms. The summed E-state index contributed by atoms with van der Waals surface area (Å²) >= 11 is 3.06. The molecule has 31 heavy (non-hydrogen) atoms. The van der Waals surface area contributed by atoms with Gasteiger partial charge in [-0.3, -0.25) is 4.98 Å². The van der Waals surface area contributed by atoms with E-state index in [0.717, 1.165) is 21.2 Å². The number of alkyl halides is 3. The predicted molar refractivity (Wildman–Crippen MR) is 116 cm³/mol. The fourth-order valence-electron chi connectivity index (χ4n) is 2.66. The Balaban J connectivity index is 1.45. The molecule has 0 amide bonds. The molecule has 5 nitrogen and oxygen atoms in total. The first kappa shape index (κ1) is 21.1. The van der Waals surface area contributed by atoms with E-state index in [0.29, 0.717) is 10.8 Å². The number of nitrogens with zero attached hydrogens (tertiary/aromatic N) is 3. The van der Waals surface area contributed by atoms with Gasteiger partial charge in [0.25, 0.3) is 0 Å². The van der Waals surface area contributed by atoms with E-state index in [1.165, 1.54) is 41.2 Å². The minimum absolute atomic E-state index is 0.281. The molecule has 1 N–H and O–H groups in total. The maximum absolute atomic E-state index is 12.3. The monoisotopic (exact) mass is 460 g/mol. The second-order valence-corrected chi connectivity index (χ2v) is 8.24. The summed E-state index contributed by atoms with van der Waals surface area (Å²) < 4.78 is 40.7.